The molecule has 7 nitrogen and oxygen atoms in total. The zero-order valence-corrected chi connectivity index (χ0v) is 7.80. The Hall–Kier alpha value is -1.47. The third-order valence-corrected chi connectivity index (χ3v) is 2.34. The van der Waals surface area contributed by atoms with Crippen LogP contribution in [0.4, 0.5) is 0 Å². The van der Waals surface area contributed by atoms with Crippen molar-refractivity contribution >= 4 is 5.84 Å². The molecule has 0 saturated carbocycles. The number of hydrazone groups is 1. The van der Waals surface area contributed by atoms with Crippen molar-refractivity contribution in [2.45, 2.75) is 12.8 Å². The summed E-state index contributed by atoms with van der Waals surface area (Å²) in [4.78, 5) is 2.08. The van der Waals surface area contributed by atoms with E-state index in [2.05, 4.69) is 10.0 Å². The Kier molecular flexibility index (Phi) is 2.18. The fourth-order valence-electron chi connectivity index (χ4n) is 1.59. The molecule has 0 unspecified atom stereocenters. The third-order valence-electron chi connectivity index (χ3n) is 2.34. The Morgan fingerprint density at radius 2 is 2.00 bits per heavy atom. The first-order valence-electron chi connectivity index (χ1n) is 4.53. The first-order chi connectivity index (χ1) is 6.68. The predicted octanol–water partition coefficient (Wildman–Crippen LogP) is -1.01. The SMILES string of the molecule is NC1=CC(N2CCCC2)=NN(N)N1O. The van der Waals surface area contributed by atoms with Crippen molar-refractivity contribution in [2.24, 2.45) is 16.7 Å². The number of rotatable bonds is 0. The zero-order chi connectivity index (χ0) is 10.1. The number of hydrazine groups is 2. The Morgan fingerprint density at radius 3 is 2.57 bits per heavy atom. The molecule has 2 rings (SSSR count). The molecule has 0 atom stereocenters. The fourth-order valence-corrected chi connectivity index (χ4v) is 1.59. The lowest BCUT2D eigenvalue weighted by atomic mass is 10.4. The molecule has 0 amide bonds. The van der Waals surface area contributed by atoms with Gasteiger partial charge in [-0.1, -0.05) is 0 Å². The van der Waals surface area contributed by atoms with Crippen molar-refractivity contribution in [3.8, 4) is 0 Å². The first-order valence-corrected chi connectivity index (χ1v) is 4.53. The van der Waals surface area contributed by atoms with Gasteiger partial charge in [0.1, 0.15) is 0 Å². The zero-order valence-electron chi connectivity index (χ0n) is 7.80. The fraction of sp³-hybridized carbons (Fsp3) is 0.571. The third kappa shape index (κ3) is 1.47. The predicted molar refractivity (Wildman–Crippen MR) is 50.2 cm³/mol. The molecule has 1 fully saturated rings. The molecule has 2 heterocycles. The van der Waals surface area contributed by atoms with Crippen LogP contribution in [0.5, 0.6) is 0 Å². The summed E-state index contributed by atoms with van der Waals surface area (Å²) in [6.45, 7) is 1.92. The average Bonchev–Trinajstić information content (AvgIpc) is 2.66. The van der Waals surface area contributed by atoms with Crippen molar-refractivity contribution in [1.82, 2.24) is 15.3 Å². The molecule has 0 aliphatic carbocycles. The molecular formula is C7H14N6O. The van der Waals surface area contributed by atoms with Gasteiger partial charge in [0.05, 0.1) is 0 Å². The van der Waals surface area contributed by atoms with Gasteiger partial charge in [0.15, 0.2) is 11.7 Å². The van der Waals surface area contributed by atoms with Gasteiger partial charge in [-0.25, -0.2) is 5.84 Å². The Bertz CT molecular complexity index is 282. The lowest BCUT2D eigenvalue weighted by Gasteiger charge is -2.30. The van der Waals surface area contributed by atoms with E-state index >= 15 is 0 Å². The van der Waals surface area contributed by atoms with Gasteiger partial charge in [-0.2, -0.15) is 0 Å². The molecule has 2 aliphatic heterocycles. The van der Waals surface area contributed by atoms with Crippen molar-refractivity contribution in [1.29, 1.82) is 0 Å². The quantitative estimate of drug-likeness (QED) is 0.432. The normalized spacial score (nSPS) is 22.6. The molecule has 0 spiro atoms. The van der Waals surface area contributed by atoms with E-state index in [0.717, 1.165) is 31.2 Å². The van der Waals surface area contributed by atoms with Crippen LogP contribution < -0.4 is 11.6 Å². The van der Waals surface area contributed by atoms with E-state index in [4.69, 9.17) is 11.6 Å². The summed E-state index contributed by atoms with van der Waals surface area (Å²) in [6, 6.07) is 0. The maximum absolute atomic E-state index is 9.22. The summed E-state index contributed by atoms with van der Waals surface area (Å²) in [5.74, 6) is 6.27. The van der Waals surface area contributed by atoms with Crippen molar-refractivity contribution < 1.29 is 5.21 Å². The van der Waals surface area contributed by atoms with Crippen LogP contribution in [0, 0.1) is 0 Å². The number of likely N-dealkylation sites (tertiary alicyclic amines) is 1. The highest BCUT2D eigenvalue weighted by Gasteiger charge is 2.22. The van der Waals surface area contributed by atoms with Gasteiger partial charge in [0.25, 0.3) is 0 Å². The van der Waals surface area contributed by atoms with Gasteiger partial charge in [-0.15, -0.1) is 15.5 Å². The Balaban J connectivity index is 2.16. The minimum absolute atomic E-state index is 0.171. The highest BCUT2D eigenvalue weighted by Crippen LogP contribution is 2.13. The second-order valence-corrected chi connectivity index (χ2v) is 3.33. The van der Waals surface area contributed by atoms with Gasteiger partial charge in [0, 0.05) is 19.2 Å². The van der Waals surface area contributed by atoms with Crippen LogP contribution in [-0.2, 0) is 0 Å². The lowest BCUT2D eigenvalue weighted by Crippen LogP contribution is -2.48. The molecule has 0 radical (unpaired) electrons. The molecule has 7 heteroatoms. The summed E-state index contributed by atoms with van der Waals surface area (Å²) >= 11 is 0. The van der Waals surface area contributed by atoms with Crippen LogP contribution in [0.3, 0.4) is 0 Å². The van der Waals surface area contributed by atoms with E-state index in [1.54, 1.807) is 6.08 Å². The molecule has 2 aliphatic rings. The smallest absolute Gasteiger partial charge is 0.156 e. The van der Waals surface area contributed by atoms with Crippen LogP contribution >= 0.6 is 0 Å². The second-order valence-electron chi connectivity index (χ2n) is 3.33. The van der Waals surface area contributed by atoms with Crippen LogP contribution in [0.25, 0.3) is 0 Å². The van der Waals surface area contributed by atoms with Crippen LogP contribution in [-0.4, -0.2) is 39.4 Å². The number of nitrogens with zero attached hydrogens (tertiary/aromatic N) is 4. The number of hydrogen-bond donors (Lipinski definition) is 3. The molecule has 1 saturated heterocycles. The van der Waals surface area contributed by atoms with E-state index in [-0.39, 0.29) is 5.82 Å². The van der Waals surface area contributed by atoms with Gasteiger partial charge >= 0.3 is 0 Å². The monoisotopic (exact) mass is 198 g/mol. The van der Waals surface area contributed by atoms with Crippen LogP contribution in [0.15, 0.2) is 17.0 Å². The number of hydroxylamine groups is 1. The van der Waals surface area contributed by atoms with Crippen LogP contribution in [0.1, 0.15) is 12.8 Å². The molecule has 5 N–H and O–H groups in total. The highest BCUT2D eigenvalue weighted by molar-refractivity contribution is 5.93. The molecule has 0 aromatic heterocycles. The van der Waals surface area contributed by atoms with Crippen molar-refractivity contribution in [2.75, 3.05) is 13.1 Å². The summed E-state index contributed by atoms with van der Waals surface area (Å²) in [5.41, 5.74) is 5.53. The summed E-state index contributed by atoms with van der Waals surface area (Å²) in [7, 11) is 0. The number of amidine groups is 1. The highest BCUT2D eigenvalue weighted by atomic mass is 16.6. The maximum Gasteiger partial charge on any atom is 0.156 e. The molecule has 0 bridgehead atoms. The van der Waals surface area contributed by atoms with Crippen molar-refractivity contribution in [3.05, 3.63) is 11.9 Å². The molecule has 78 valence electrons. The minimum Gasteiger partial charge on any atom is -0.382 e. The molecular weight excluding hydrogens is 184 g/mol. The summed E-state index contributed by atoms with van der Waals surface area (Å²) in [5, 5.41) is 14.6. The van der Waals surface area contributed by atoms with Gasteiger partial charge in [0.2, 0.25) is 0 Å². The van der Waals surface area contributed by atoms with E-state index < -0.39 is 0 Å². The largest absolute Gasteiger partial charge is 0.382 e. The Morgan fingerprint density at radius 1 is 1.36 bits per heavy atom. The van der Waals surface area contributed by atoms with Gasteiger partial charge < -0.3 is 10.6 Å². The van der Waals surface area contributed by atoms with E-state index in [1.807, 2.05) is 0 Å². The number of hydrogen-bond acceptors (Lipinski definition) is 7. The van der Waals surface area contributed by atoms with E-state index in [0.29, 0.717) is 11.0 Å². The standard InChI is InChI=1S/C7H14N6O/c8-6-5-7(10-13(9)12(6)14)11-3-1-2-4-11/h5,14H,1-4,8-9H2. The summed E-state index contributed by atoms with van der Waals surface area (Å²) < 4.78 is 0. The average molecular weight is 198 g/mol. The van der Waals surface area contributed by atoms with E-state index in [1.165, 1.54) is 0 Å². The molecule has 0 aromatic carbocycles. The van der Waals surface area contributed by atoms with Crippen LogP contribution in [0.2, 0.25) is 0 Å². The second kappa shape index (κ2) is 3.35. The summed E-state index contributed by atoms with van der Waals surface area (Å²) in [6.07, 6.45) is 3.91. The maximum atomic E-state index is 9.22. The topological polar surface area (TPSA) is 94.3 Å². The van der Waals surface area contributed by atoms with Gasteiger partial charge in [-0.3, -0.25) is 5.21 Å². The Labute approximate surface area is 81.7 Å². The lowest BCUT2D eigenvalue weighted by molar-refractivity contribution is -0.223. The molecule has 0 aromatic rings. The van der Waals surface area contributed by atoms with Gasteiger partial charge in [-0.05, 0) is 12.8 Å². The number of nitrogens with two attached hydrogens (primary N) is 2. The first kappa shape index (κ1) is 9.10. The van der Waals surface area contributed by atoms with Crippen molar-refractivity contribution in [3.63, 3.8) is 0 Å². The molecule has 14 heavy (non-hydrogen) atoms. The van der Waals surface area contributed by atoms with E-state index in [9.17, 15) is 5.21 Å². The minimum atomic E-state index is 0.171.